The monoisotopic (exact) mass is 305 g/mol. The molecule has 0 fully saturated rings. The minimum absolute atomic E-state index is 0.137. The Bertz CT molecular complexity index is 421. The van der Waals surface area contributed by atoms with Gasteiger partial charge < -0.3 is 9.73 Å². The molecule has 1 unspecified atom stereocenters. The van der Waals surface area contributed by atoms with Crippen LogP contribution in [-0.4, -0.2) is 7.05 Å². The number of nitrogens with one attached hydrogen (secondary N) is 1. The maximum Gasteiger partial charge on any atom is 0.107 e. The van der Waals surface area contributed by atoms with Crippen LogP contribution in [0.5, 0.6) is 0 Å². The molecule has 0 aliphatic heterocycles. The van der Waals surface area contributed by atoms with Crippen LogP contribution in [0.2, 0.25) is 4.34 Å². The fourth-order valence-corrected chi connectivity index (χ4v) is 3.29. The molecule has 1 N–H and O–H groups in total. The highest BCUT2D eigenvalue weighted by Crippen LogP contribution is 2.37. The molecule has 0 aromatic carbocycles. The van der Waals surface area contributed by atoms with E-state index in [9.17, 15) is 0 Å². The summed E-state index contributed by atoms with van der Waals surface area (Å²) in [4.78, 5) is 1.16. The quantitative estimate of drug-likeness (QED) is 0.925. The summed E-state index contributed by atoms with van der Waals surface area (Å²) in [6.45, 7) is 0. The third-order valence-corrected chi connectivity index (χ3v) is 4.65. The number of rotatable bonds is 3. The molecule has 2 rings (SSSR count). The van der Waals surface area contributed by atoms with Crippen molar-refractivity contribution in [3.8, 4) is 0 Å². The fraction of sp³-hybridized carbons (Fsp3) is 0.200. The lowest BCUT2D eigenvalue weighted by atomic mass is 10.1. The van der Waals surface area contributed by atoms with E-state index in [4.69, 9.17) is 16.0 Å². The van der Waals surface area contributed by atoms with Gasteiger partial charge in [0, 0.05) is 14.9 Å². The van der Waals surface area contributed by atoms with Crippen LogP contribution < -0.4 is 5.32 Å². The van der Waals surface area contributed by atoms with Crippen LogP contribution >= 0.6 is 38.9 Å². The molecule has 5 heteroatoms. The highest BCUT2D eigenvalue weighted by atomic mass is 79.9. The maximum atomic E-state index is 6.01. The maximum absolute atomic E-state index is 6.01. The number of furan rings is 1. The Kier molecular flexibility index (Phi) is 3.51. The van der Waals surface area contributed by atoms with Crippen LogP contribution in [0.25, 0.3) is 0 Å². The second kappa shape index (κ2) is 4.70. The standard InChI is InChI=1S/C10H9BrClNOS/c1-13-9(6-2-3-14-5-6)8-4-7(11)10(12)15-8/h2-5,9,13H,1H3. The van der Waals surface area contributed by atoms with Gasteiger partial charge >= 0.3 is 0 Å². The molecule has 0 aliphatic carbocycles. The smallest absolute Gasteiger partial charge is 0.107 e. The Hall–Kier alpha value is -0.290. The zero-order chi connectivity index (χ0) is 10.8. The SMILES string of the molecule is CNC(c1ccoc1)c1cc(Br)c(Cl)s1. The van der Waals surface area contributed by atoms with Crippen LogP contribution in [0.3, 0.4) is 0 Å². The van der Waals surface area contributed by atoms with Crippen molar-refractivity contribution in [1.29, 1.82) is 0 Å². The van der Waals surface area contributed by atoms with Gasteiger partial charge in [-0.25, -0.2) is 0 Å². The summed E-state index contributed by atoms with van der Waals surface area (Å²) in [7, 11) is 1.92. The number of hydrogen-bond acceptors (Lipinski definition) is 3. The first-order valence-corrected chi connectivity index (χ1v) is 6.35. The summed E-state index contributed by atoms with van der Waals surface area (Å²) in [5, 5.41) is 3.23. The summed E-state index contributed by atoms with van der Waals surface area (Å²) in [5.41, 5.74) is 1.10. The van der Waals surface area contributed by atoms with Gasteiger partial charge in [0.25, 0.3) is 0 Å². The van der Waals surface area contributed by atoms with Crippen molar-refractivity contribution < 1.29 is 4.42 Å². The zero-order valence-corrected chi connectivity index (χ0v) is 11.1. The fourth-order valence-electron chi connectivity index (χ4n) is 1.42. The van der Waals surface area contributed by atoms with E-state index in [1.165, 1.54) is 0 Å². The predicted octanol–water partition coefficient (Wildman–Crippen LogP) is 4.07. The minimum Gasteiger partial charge on any atom is -0.472 e. The first-order valence-electron chi connectivity index (χ1n) is 4.36. The van der Waals surface area contributed by atoms with E-state index < -0.39 is 0 Å². The Labute approximate surface area is 105 Å². The topological polar surface area (TPSA) is 25.2 Å². The molecule has 0 saturated heterocycles. The summed E-state index contributed by atoms with van der Waals surface area (Å²) >= 11 is 11.0. The second-order valence-electron chi connectivity index (χ2n) is 3.05. The Morgan fingerprint density at radius 3 is 2.87 bits per heavy atom. The van der Waals surface area contributed by atoms with E-state index in [0.29, 0.717) is 0 Å². The number of hydrogen-bond donors (Lipinski definition) is 1. The molecule has 2 heterocycles. The van der Waals surface area contributed by atoms with E-state index in [2.05, 4.69) is 21.2 Å². The van der Waals surface area contributed by atoms with Crippen LogP contribution in [0, 0.1) is 0 Å². The van der Waals surface area contributed by atoms with Crippen LogP contribution in [-0.2, 0) is 0 Å². The van der Waals surface area contributed by atoms with Gasteiger partial charge in [-0.1, -0.05) is 11.6 Å². The van der Waals surface area contributed by atoms with Crippen molar-refractivity contribution >= 4 is 38.9 Å². The van der Waals surface area contributed by atoms with Crippen molar-refractivity contribution in [3.63, 3.8) is 0 Å². The van der Waals surface area contributed by atoms with Gasteiger partial charge in [0.15, 0.2) is 0 Å². The van der Waals surface area contributed by atoms with Gasteiger partial charge in [-0.2, -0.15) is 0 Å². The first kappa shape index (κ1) is 11.2. The molecule has 0 radical (unpaired) electrons. The van der Waals surface area contributed by atoms with Crippen molar-refractivity contribution in [2.45, 2.75) is 6.04 Å². The van der Waals surface area contributed by atoms with E-state index in [1.807, 2.05) is 19.2 Å². The van der Waals surface area contributed by atoms with Crippen molar-refractivity contribution in [3.05, 3.63) is 43.9 Å². The second-order valence-corrected chi connectivity index (χ2v) is 5.59. The Morgan fingerprint density at radius 2 is 2.40 bits per heavy atom. The van der Waals surface area contributed by atoms with E-state index in [-0.39, 0.29) is 6.04 Å². The number of halogens is 2. The minimum atomic E-state index is 0.137. The molecule has 15 heavy (non-hydrogen) atoms. The van der Waals surface area contributed by atoms with E-state index in [1.54, 1.807) is 23.9 Å². The third-order valence-electron chi connectivity index (χ3n) is 2.11. The van der Waals surface area contributed by atoms with Gasteiger partial charge in [-0.05, 0) is 35.1 Å². The highest BCUT2D eigenvalue weighted by molar-refractivity contribution is 9.10. The lowest BCUT2D eigenvalue weighted by Gasteiger charge is -2.11. The average molecular weight is 307 g/mol. The molecule has 0 aliphatic rings. The summed E-state index contributed by atoms with van der Waals surface area (Å²) < 4.78 is 6.79. The molecular weight excluding hydrogens is 298 g/mol. The lowest BCUT2D eigenvalue weighted by molar-refractivity contribution is 0.558. The molecule has 1 atom stereocenters. The van der Waals surface area contributed by atoms with Crippen molar-refractivity contribution in [1.82, 2.24) is 5.32 Å². The van der Waals surface area contributed by atoms with E-state index in [0.717, 1.165) is 19.2 Å². The molecule has 2 aromatic heterocycles. The van der Waals surface area contributed by atoms with E-state index >= 15 is 0 Å². The molecule has 80 valence electrons. The summed E-state index contributed by atoms with van der Waals surface area (Å²) in [6, 6.07) is 4.11. The first-order chi connectivity index (χ1) is 7.22. The largest absolute Gasteiger partial charge is 0.472 e. The van der Waals surface area contributed by atoms with Gasteiger partial charge in [0.05, 0.1) is 18.6 Å². The van der Waals surface area contributed by atoms with Crippen LogP contribution in [0.4, 0.5) is 0 Å². The van der Waals surface area contributed by atoms with Crippen molar-refractivity contribution in [2.75, 3.05) is 7.05 Å². The normalized spacial score (nSPS) is 13.0. The Morgan fingerprint density at radius 1 is 1.60 bits per heavy atom. The molecular formula is C10H9BrClNOS. The molecule has 0 spiro atoms. The molecule has 0 saturated carbocycles. The third kappa shape index (κ3) is 2.28. The van der Waals surface area contributed by atoms with Crippen LogP contribution in [0.15, 0.2) is 33.5 Å². The molecule has 2 aromatic rings. The molecule has 0 bridgehead atoms. The average Bonchev–Trinajstić information content (AvgIpc) is 2.80. The van der Waals surface area contributed by atoms with Gasteiger partial charge in [-0.15, -0.1) is 11.3 Å². The zero-order valence-electron chi connectivity index (χ0n) is 7.96. The summed E-state index contributed by atoms with van der Waals surface area (Å²) in [5.74, 6) is 0. The summed E-state index contributed by atoms with van der Waals surface area (Å²) in [6.07, 6.45) is 3.41. The highest BCUT2D eigenvalue weighted by Gasteiger charge is 2.16. The molecule has 0 amide bonds. The predicted molar refractivity (Wildman–Crippen MR) is 66.6 cm³/mol. The molecule has 2 nitrogen and oxygen atoms in total. The lowest BCUT2D eigenvalue weighted by Crippen LogP contribution is -2.15. The van der Waals surface area contributed by atoms with Gasteiger partial charge in [-0.3, -0.25) is 0 Å². The van der Waals surface area contributed by atoms with Crippen LogP contribution in [0.1, 0.15) is 16.5 Å². The van der Waals surface area contributed by atoms with Crippen molar-refractivity contribution in [2.24, 2.45) is 0 Å². The van der Waals surface area contributed by atoms with Gasteiger partial charge in [0.2, 0.25) is 0 Å². The van der Waals surface area contributed by atoms with Gasteiger partial charge in [0.1, 0.15) is 4.34 Å². The number of thiophene rings is 1. The Balaban J connectivity index is 2.35.